The Morgan fingerprint density at radius 1 is 1.44 bits per heavy atom. The van der Waals surface area contributed by atoms with Crippen molar-refractivity contribution >= 4 is 5.97 Å². The van der Waals surface area contributed by atoms with Gasteiger partial charge in [0.2, 0.25) is 0 Å². The van der Waals surface area contributed by atoms with Crippen LogP contribution in [0.5, 0.6) is 5.75 Å². The number of hydrogen-bond acceptors (Lipinski definition) is 4. The normalized spacial score (nSPS) is 14.3. The molecule has 0 bridgehead atoms. The van der Waals surface area contributed by atoms with Gasteiger partial charge in [-0.05, 0) is 25.1 Å². The highest BCUT2D eigenvalue weighted by Crippen LogP contribution is 2.12. The van der Waals surface area contributed by atoms with Crippen molar-refractivity contribution in [3.63, 3.8) is 0 Å². The van der Waals surface area contributed by atoms with Crippen molar-refractivity contribution in [3.8, 4) is 5.75 Å². The second kappa shape index (κ2) is 8.49. The van der Waals surface area contributed by atoms with Crippen molar-refractivity contribution in [2.75, 3.05) is 32.9 Å². The summed E-state index contributed by atoms with van der Waals surface area (Å²) in [7, 11) is 0. The first-order valence-electron chi connectivity index (χ1n) is 5.98. The summed E-state index contributed by atoms with van der Waals surface area (Å²) in [4.78, 5) is 10.5. The summed E-state index contributed by atoms with van der Waals surface area (Å²) >= 11 is 0. The van der Waals surface area contributed by atoms with E-state index in [1.54, 1.807) is 12.1 Å². The van der Waals surface area contributed by atoms with Crippen molar-refractivity contribution < 1.29 is 19.4 Å². The van der Waals surface area contributed by atoms with Crippen LogP contribution in [0.4, 0.5) is 0 Å². The average Bonchev–Trinajstić information content (AvgIpc) is 2.42. The summed E-state index contributed by atoms with van der Waals surface area (Å²) in [6, 6.07) is 6.43. The van der Waals surface area contributed by atoms with Crippen LogP contribution in [0.3, 0.4) is 0 Å². The van der Waals surface area contributed by atoms with E-state index >= 15 is 0 Å². The maximum absolute atomic E-state index is 10.5. The van der Waals surface area contributed by atoms with E-state index in [1.165, 1.54) is 12.1 Å². The monoisotopic (exact) mass is 253 g/mol. The van der Waals surface area contributed by atoms with E-state index in [9.17, 15) is 4.79 Å². The largest absolute Gasteiger partial charge is 0.494 e. The first-order chi connectivity index (χ1) is 8.74. The molecule has 1 aromatic carbocycles. The summed E-state index contributed by atoms with van der Waals surface area (Å²) in [6.45, 7) is 6.23. The van der Waals surface area contributed by atoms with Gasteiger partial charge in [-0.15, -0.1) is 0 Å². The number of carboxylic acid groups (broad SMARTS) is 1. The average molecular weight is 253 g/mol. The van der Waals surface area contributed by atoms with E-state index in [1.807, 2.05) is 6.92 Å². The summed E-state index contributed by atoms with van der Waals surface area (Å²) < 4.78 is 10.1. The Labute approximate surface area is 107 Å². The van der Waals surface area contributed by atoms with E-state index in [0.29, 0.717) is 12.4 Å². The minimum absolute atomic E-state index is 0.251. The molecule has 2 N–H and O–H groups in total. The van der Waals surface area contributed by atoms with Crippen LogP contribution in [0.2, 0.25) is 0 Å². The molecule has 5 heteroatoms. The maximum atomic E-state index is 10.5. The van der Waals surface area contributed by atoms with Gasteiger partial charge in [-0.3, -0.25) is 0 Å². The molecule has 0 saturated carbocycles. The lowest BCUT2D eigenvalue weighted by Crippen LogP contribution is -2.30. The van der Waals surface area contributed by atoms with Crippen LogP contribution in [0.15, 0.2) is 24.3 Å². The third kappa shape index (κ3) is 5.65. The molecule has 1 aliphatic rings. The summed E-state index contributed by atoms with van der Waals surface area (Å²) in [5.74, 6) is -0.339. The van der Waals surface area contributed by atoms with E-state index < -0.39 is 5.97 Å². The highest BCUT2D eigenvalue weighted by Gasteiger charge is 2.02. The molecule has 100 valence electrons. The van der Waals surface area contributed by atoms with Crippen LogP contribution in [0.25, 0.3) is 0 Å². The highest BCUT2D eigenvalue weighted by atomic mass is 16.5. The van der Waals surface area contributed by atoms with Crippen LogP contribution in [0.1, 0.15) is 17.3 Å². The SMILES string of the molecule is C1COCCN1.CCOc1cccc(C(=O)O)c1. The van der Waals surface area contributed by atoms with Crippen molar-refractivity contribution in [3.05, 3.63) is 29.8 Å². The zero-order valence-electron chi connectivity index (χ0n) is 10.5. The van der Waals surface area contributed by atoms with Crippen LogP contribution in [0, 0.1) is 0 Å². The summed E-state index contributed by atoms with van der Waals surface area (Å²) in [5.41, 5.74) is 0.251. The third-order valence-electron chi connectivity index (χ3n) is 2.24. The number of morpholine rings is 1. The minimum Gasteiger partial charge on any atom is -0.494 e. The van der Waals surface area contributed by atoms with Gasteiger partial charge in [-0.2, -0.15) is 0 Å². The van der Waals surface area contributed by atoms with Gasteiger partial charge in [0.1, 0.15) is 5.75 Å². The molecule has 5 nitrogen and oxygen atoms in total. The number of carboxylic acids is 1. The molecule has 0 atom stereocenters. The van der Waals surface area contributed by atoms with E-state index in [0.717, 1.165) is 26.3 Å². The van der Waals surface area contributed by atoms with Gasteiger partial charge in [0.25, 0.3) is 0 Å². The number of ether oxygens (including phenoxy) is 2. The number of carbonyl (C=O) groups is 1. The number of nitrogens with one attached hydrogen (secondary N) is 1. The lowest BCUT2D eigenvalue weighted by atomic mass is 10.2. The molecule has 1 saturated heterocycles. The molecule has 0 unspecified atom stereocenters. The summed E-state index contributed by atoms with van der Waals surface area (Å²) in [5, 5.41) is 11.8. The van der Waals surface area contributed by atoms with Crippen LogP contribution in [-0.2, 0) is 4.74 Å². The van der Waals surface area contributed by atoms with Gasteiger partial charge in [0, 0.05) is 13.1 Å². The maximum Gasteiger partial charge on any atom is 0.335 e. The number of rotatable bonds is 3. The number of hydrogen-bond donors (Lipinski definition) is 2. The lowest BCUT2D eigenvalue weighted by molar-refractivity contribution is 0.0696. The Balaban J connectivity index is 0.000000225. The first kappa shape index (κ1) is 14.5. The zero-order valence-corrected chi connectivity index (χ0v) is 10.5. The van der Waals surface area contributed by atoms with Crippen molar-refractivity contribution in [1.29, 1.82) is 0 Å². The molecule has 0 aliphatic carbocycles. The van der Waals surface area contributed by atoms with Crippen LogP contribution >= 0.6 is 0 Å². The molecule has 0 spiro atoms. The molecule has 0 amide bonds. The zero-order chi connectivity index (χ0) is 13.2. The number of aromatic carboxylic acids is 1. The lowest BCUT2D eigenvalue weighted by Gasteiger charge is -2.10. The quantitative estimate of drug-likeness (QED) is 0.852. The highest BCUT2D eigenvalue weighted by molar-refractivity contribution is 5.87. The first-order valence-corrected chi connectivity index (χ1v) is 5.98. The molecule has 18 heavy (non-hydrogen) atoms. The number of benzene rings is 1. The Morgan fingerprint density at radius 2 is 2.17 bits per heavy atom. The fraction of sp³-hybridized carbons (Fsp3) is 0.462. The molecule has 2 rings (SSSR count). The van der Waals surface area contributed by atoms with Crippen LogP contribution < -0.4 is 10.1 Å². The topological polar surface area (TPSA) is 67.8 Å². The second-order valence-corrected chi connectivity index (χ2v) is 3.63. The van der Waals surface area contributed by atoms with Gasteiger partial charge in [-0.25, -0.2) is 4.79 Å². The van der Waals surface area contributed by atoms with Crippen molar-refractivity contribution in [2.24, 2.45) is 0 Å². The summed E-state index contributed by atoms with van der Waals surface area (Å²) in [6.07, 6.45) is 0. The smallest absolute Gasteiger partial charge is 0.335 e. The van der Waals surface area contributed by atoms with Gasteiger partial charge in [0.05, 0.1) is 25.4 Å². The Kier molecular flexibility index (Phi) is 6.83. The van der Waals surface area contributed by atoms with E-state index in [-0.39, 0.29) is 5.56 Å². The van der Waals surface area contributed by atoms with Gasteiger partial charge >= 0.3 is 5.97 Å². The van der Waals surface area contributed by atoms with Gasteiger partial charge in [0.15, 0.2) is 0 Å². The Hall–Kier alpha value is -1.59. The molecular weight excluding hydrogens is 234 g/mol. The van der Waals surface area contributed by atoms with Crippen molar-refractivity contribution in [1.82, 2.24) is 5.32 Å². The fourth-order valence-corrected chi connectivity index (χ4v) is 1.40. The van der Waals surface area contributed by atoms with E-state index in [4.69, 9.17) is 14.6 Å². The molecule has 1 fully saturated rings. The Bertz CT molecular complexity index is 352. The predicted octanol–water partition coefficient (Wildman–Crippen LogP) is 1.39. The molecule has 1 aliphatic heterocycles. The predicted molar refractivity (Wildman–Crippen MR) is 68.3 cm³/mol. The standard InChI is InChI=1S/C9H10O3.C4H9NO/c1-2-12-8-5-3-4-7(6-8)9(10)11;1-3-6-4-2-5-1/h3-6H,2H2,1H3,(H,10,11);5H,1-4H2. The van der Waals surface area contributed by atoms with Gasteiger partial charge < -0.3 is 19.9 Å². The molecular formula is C13H19NO4. The fourth-order valence-electron chi connectivity index (χ4n) is 1.40. The van der Waals surface area contributed by atoms with Crippen molar-refractivity contribution in [2.45, 2.75) is 6.92 Å². The van der Waals surface area contributed by atoms with Gasteiger partial charge in [-0.1, -0.05) is 6.07 Å². The molecule has 1 heterocycles. The molecule has 0 aromatic heterocycles. The Morgan fingerprint density at radius 3 is 2.61 bits per heavy atom. The van der Waals surface area contributed by atoms with Crippen LogP contribution in [-0.4, -0.2) is 44.0 Å². The second-order valence-electron chi connectivity index (χ2n) is 3.63. The molecule has 1 aromatic rings. The van der Waals surface area contributed by atoms with E-state index in [2.05, 4.69) is 5.32 Å². The third-order valence-corrected chi connectivity index (χ3v) is 2.24. The minimum atomic E-state index is -0.934. The molecule has 0 radical (unpaired) electrons.